The van der Waals surface area contributed by atoms with Gasteiger partial charge in [-0.05, 0) is 60.9 Å². The molecule has 2 N–H and O–H groups in total. The summed E-state index contributed by atoms with van der Waals surface area (Å²) in [5.74, 6) is -0.773. The van der Waals surface area contributed by atoms with Crippen molar-refractivity contribution in [1.29, 1.82) is 0 Å². The molecule has 3 rings (SSSR count). The van der Waals surface area contributed by atoms with Crippen LogP contribution in [0.2, 0.25) is 0 Å². The summed E-state index contributed by atoms with van der Waals surface area (Å²) < 4.78 is 70.7. The van der Waals surface area contributed by atoms with Gasteiger partial charge in [0.2, 0.25) is 5.88 Å². The van der Waals surface area contributed by atoms with Gasteiger partial charge in [0.05, 0.1) is 17.7 Å². The van der Waals surface area contributed by atoms with Gasteiger partial charge in [0.25, 0.3) is 10.0 Å². The first-order chi connectivity index (χ1) is 16.0. The predicted molar refractivity (Wildman–Crippen MR) is 118 cm³/mol. The molecule has 0 aliphatic rings. The maximum Gasteiger partial charge on any atom is 0.416 e. The molecule has 0 amide bonds. The smallest absolute Gasteiger partial charge is 0.416 e. The normalized spacial score (nSPS) is 12.7. The first-order valence-corrected chi connectivity index (χ1v) is 11.6. The minimum atomic E-state index is -4.52. The van der Waals surface area contributed by atoms with Gasteiger partial charge in [0.15, 0.2) is 0 Å². The zero-order valence-electron chi connectivity index (χ0n) is 17.9. The van der Waals surface area contributed by atoms with Crippen LogP contribution in [0.3, 0.4) is 0 Å². The summed E-state index contributed by atoms with van der Waals surface area (Å²) in [4.78, 5) is 14.9. The van der Waals surface area contributed by atoms with E-state index in [2.05, 4.69) is 9.71 Å². The Labute approximate surface area is 194 Å². The molecule has 0 saturated carbocycles. The summed E-state index contributed by atoms with van der Waals surface area (Å²) >= 11 is 0. The highest BCUT2D eigenvalue weighted by atomic mass is 32.2. The van der Waals surface area contributed by atoms with Gasteiger partial charge in [0.1, 0.15) is 10.6 Å². The topological polar surface area (TPSA) is 106 Å². The Bertz CT molecular complexity index is 1230. The number of halogens is 3. The molecule has 0 spiro atoms. The molecule has 0 bridgehead atoms. The molecule has 0 aliphatic heterocycles. The second-order valence-electron chi connectivity index (χ2n) is 7.41. The van der Waals surface area contributed by atoms with Crippen molar-refractivity contribution in [2.75, 3.05) is 4.72 Å². The number of nitrogens with zero attached hydrogens (tertiary/aromatic N) is 1. The van der Waals surface area contributed by atoms with Gasteiger partial charge in [-0.25, -0.2) is 13.4 Å². The van der Waals surface area contributed by atoms with Crippen molar-refractivity contribution in [3.05, 3.63) is 78.0 Å². The van der Waals surface area contributed by atoms with Gasteiger partial charge in [-0.3, -0.25) is 9.52 Å². The Balaban J connectivity index is 1.64. The summed E-state index contributed by atoms with van der Waals surface area (Å²) in [6.45, 7) is 1.81. The third-order valence-electron chi connectivity index (χ3n) is 4.95. The minimum absolute atomic E-state index is 0.0263. The SMILES string of the molecule is CCC(Cc1ccc(Oc2ccc(S(=O)(=O)Nc3ccc(C(F)(F)F)cc3)cn2)cc1)C(=O)O. The van der Waals surface area contributed by atoms with Gasteiger partial charge in [0, 0.05) is 11.8 Å². The number of hydrogen-bond acceptors (Lipinski definition) is 5. The number of carboxylic acids is 1. The summed E-state index contributed by atoms with van der Waals surface area (Å²) in [5, 5.41) is 9.17. The quantitative estimate of drug-likeness (QED) is 0.416. The Hall–Kier alpha value is -3.60. The van der Waals surface area contributed by atoms with Gasteiger partial charge < -0.3 is 9.84 Å². The molecule has 1 unspecified atom stereocenters. The molecule has 1 atom stereocenters. The number of anilines is 1. The van der Waals surface area contributed by atoms with Gasteiger partial charge in [-0.1, -0.05) is 19.1 Å². The van der Waals surface area contributed by atoms with E-state index in [0.29, 0.717) is 18.6 Å². The second kappa shape index (κ2) is 10.1. The van der Waals surface area contributed by atoms with Crippen molar-refractivity contribution < 1.29 is 36.2 Å². The number of carbonyl (C=O) groups is 1. The fourth-order valence-electron chi connectivity index (χ4n) is 3.03. The van der Waals surface area contributed by atoms with Crippen molar-refractivity contribution in [2.24, 2.45) is 5.92 Å². The Kier molecular flexibility index (Phi) is 7.45. The van der Waals surface area contributed by atoms with E-state index in [1.165, 1.54) is 12.1 Å². The molecule has 7 nitrogen and oxygen atoms in total. The van der Waals surface area contributed by atoms with Crippen molar-refractivity contribution in [3.63, 3.8) is 0 Å². The second-order valence-corrected chi connectivity index (χ2v) is 9.09. The zero-order chi connectivity index (χ0) is 24.9. The van der Waals surface area contributed by atoms with Crippen LogP contribution in [0.25, 0.3) is 0 Å². The van der Waals surface area contributed by atoms with Crippen molar-refractivity contribution in [3.8, 4) is 11.6 Å². The van der Waals surface area contributed by atoms with Crippen molar-refractivity contribution in [1.82, 2.24) is 4.98 Å². The number of rotatable bonds is 9. The third-order valence-corrected chi connectivity index (χ3v) is 6.32. The molecule has 1 aromatic heterocycles. The molecule has 11 heteroatoms. The van der Waals surface area contributed by atoms with E-state index in [9.17, 15) is 26.4 Å². The molecule has 0 radical (unpaired) electrons. The van der Waals surface area contributed by atoms with Crippen LogP contribution in [0.4, 0.5) is 18.9 Å². The average Bonchev–Trinajstić information content (AvgIpc) is 2.78. The number of nitrogens with one attached hydrogen (secondary N) is 1. The van der Waals surface area contributed by atoms with Gasteiger partial charge in [-0.15, -0.1) is 0 Å². The van der Waals surface area contributed by atoms with E-state index in [0.717, 1.165) is 36.0 Å². The van der Waals surface area contributed by atoms with E-state index in [1.54, 1.807) is 24.3 Å². The molecule has 0 fully saturated rings. The molecular weight excluding hydrogens is 473 g/mol. The molecule has 34 heavy (non-hydrogen) atoms. The third kappa shape index (κ3) is 6.47. The number of aliphatic carboxylic acids is 1. The number of aromatic nitrogens is 1. The molecule has 1 heterocycles. The monoisotopic (exact) mass is 494 g/mol. The van der Waals surface area contributed by atoms with Gasteiger partial charge >= 0.3 is 12.1 Å². The first-order valence-electron chi connectivity index (χ1n) is 10.1. The zero-order valence-corrected chi connectivity index (χ0v) is 18.7. The molecule has 3 aromatic rings. The van der Waals surface area contributed by atoms with E-state index >= 15 is 0 Å². The largest absolute Gasteiger partial charge is 0.481 e. The van der Waals surface area contributed by atoms with Crippen molar-refractivity contribution in [2.45, 2.75) is 30.8 Å². The van der Waals surface area contributed by atoms with Crippen LogP contribution in [0.1, 0.15) is 24.5 Å². The number of alkyl halides is 3. The van der Waals surface area contributed by atoms with E-state index in [1.807, 2.05) is 6.92 Å². The van der Waals surface area contributed by atoms with Crippen molar-refractivity contribution >= 4 is 21.7 Å². The maximum atomic E-state index is 12.6. The van der Waals surface area contributed by atoms with Crippen LogP contribution in [-0.4, -0.2) is 24.5 Å². The summed E-state index contributed by atoms with van der Waals surface area (Å²) in [5.41, 5.74) is -0.0781. The number of hydrogen-bond donors (Lipinski definition) is 2. The lowest BCUT2D eigenvalue weighted by molar-refractivity contribution is -0.141. The molecule has 2 aromatic carbocycles. The molecule has 0 saturated heterocycles. The average molecular weight is 494 g/mol. The lowest BCUT2D eigenvalue weighted by atomic mass is 9.97. The van der Waals surface area contributed by atoms with Crippen LogP contribution in [0, 0.1) is 5.92 Å². The Morgan fingerprint density at radius 2 is 1.71 bits per heavy atom. The summed E-state index contributed by atoms with van der Waals surface area (Å²) in [6.07, 6.45) is -2.55. The van der Waals surface area contributed by atoms with E-state index < -0.39 is 33.7 Å². The minimum Gasteiger partial charge on any atom is -0.481 e. The van der Waals surface area contributed by atoms with Crippen LogP contribution in [0.15, 0.2) is 71.8 Å². The van der Waals surface area contributed by atoms with Crippen LogP contribution in [-0.2, 0) is 27.4 Å². The summed E-state index contributed by atoms with van der Waals surface area (Å²) in [7, 11) is -4.08. The predicted octanol–water partition coefficient (Wildman–Crippen LogP) is 5.35. The van der Waals surface area contributed by atoms with Crippen LogP contribution in [0.5, 0.6) is 11.6 Å². The highest BCUT2D eigenvalue weighted by molar-refractivity contribution is 7.92. The number of carboxylic acid groups (broad SMARTS) is 1. The molecule has 180 valence electrons. The molecular formula is C23H21F3N2O5S. The van der Waals surface area contributed by atoms with E-state index in [-0.39, 0.29) is 16.5 Å². The lowest BCUT2D eigenvalue weighted by Crippen LogP contribution is -2.15. The number of pyridine rings is 1. The van der Waals surface area contributed by atoms with Crippen LogP contribution >= 0.6 is 0 Å². The summed E-state index contributed by atoms with van der Waals surface area (Å²) in [6, 6.07) is 13.0. The fourth-order valence-corrected chi connectivity index (χ4v) is 4.04. The first kappa shape index (κ1) is 25.0. The standard InChI is InChI=1S/C23H21F3N2O5S/c1-2-16(22(29)30)13-15-3-9-19(10-4-15)33-21-12-11-20(14-27-21)34(31,32)28-18-7-5-17(6-8-18)23(24,25)26/h3-12,14,16,28H,2,13H2,1H3,(H,29,30). The van der Waals surface area contributed by atoms with E-state index in [4.69, 9.17) is 9.84 Å². The fraction of sp³-hybridized carbons (Fsp3) is 0.217. The van der Waals surface area contributed by atoms with Crippen LogP contribution < -0.4 is 9.46 Å². The Morgan fingerprint density at radius 1 is 1.06 bits per heavy atom. The number of ether oxygens (including phenoxy) is 1. The maximum absolute atomic E-state index is 12.6. The lowest BCUT2D eigenvalue weighted by Gasteiger charge is -2.11. The number of benzene rings is 2. The molecule has 0 aliphatic carbocycles. The van der Waals surface area contributed by atoms with Gasteiger partial charge in [-0.2, -0.15) is 13.2 Å². The number of sulfonamides is 1. The Morgan fingerprint density at radius 3 is 2.21 bits per heavy atom. The highest BCUT2D eigenvalue weighted by Gasteiger charge is 2.30. The highest BCUT2D eigenvalue weighted by Crippen LogP contribution is 2.30.